The minimum absolute atomic E-state index is 0.393. The lowest BCUT2D eigenvalue weighted by Gasteiger charge is -2.32. The molecular weight excluding hydrogens is 174 g/mol. The topological polar surface area (TPSA) is 21.3 Å². The summed E-state index contributed by atoms with van der Waals surface area (Å²) in [4.78, 5) is 0. The smallest absolute Gasteiger partial charge is 0.0587 e. The van der Waals surface area contributed by atoms with Gasteiger partial charge in [-0.25, -0.2) is 0 Å². The van der Waals surface area contributed by atoms with Crippen molar-refractivity contribution in [2.24, 2.45) is 11.3 Å². The van der Waals surface area contributed by atoms with Crippen LogP contribution >= 0.6 is 0 Å². The van der Waals surface area contributed by atoms with E-state index in [1.807, 2.05) is 0 Å². The highest BCUT2D eigenvalue weighted by Crippen LogP contribution is 2.28. The Kier molecular flexibility index (Phi) is 7.20. The van der Waals surface area contributed by atoms with E-state index in [1.165, 1.54) is 12.8 Å². The Hall–Kier alpha value is -0.0800. The first-order chi connectivity index (χ1) is 6.54. The number of hydrogen-bond acceptors (Lipinski definition) is 2. The maximum absolute atomic E-state index is 5.00. The van der Waals surface area contributed by atoms with E-state index < -0.39 is 0 Å². The summed E-state index contributed by atoms with van der Waals surface area (Å²) in [6.45, 7) is 12.1. The van der Waals surface area contributed by atoms with Crippen LogP contribution in [0.4, 0.5) is 0 Å². The summed E-state index contributed by atoms with van der Waals surface area (Å²) in [6, 6.07) is 0. The second-order valence-corrected chi connectivity index (χ2v) is 4.85. The van der Waals surface area contributed by atoms with Gasteiger partial charge in [-0.2, -0.15) is 0 Å². The summed E-state index contributed by atoms with van der Waals surface area (Å²) >= 11 is 0. The van der Waals surface area contributed by atoms with Crippen molar-refractivity contribution >= 4 is 0 Å². The predicted octanol–water partition coefficient (Wildman–Crippen LogP) is 2.68. The van der Waals surface area contributed by atoms with Crippen LogP contribution in [0.1, 0.15) is 40.5 Å². The molecule has 14 heavy (non-hydrogen) atoms. The lowest BCUT2D eigenvalue weighted by molar-refractivity contribution is 0.176. The molecule has 0 saturated carbocycles. The van der Waals surface area contributed by atoms with Gasteiger partial charge in [-0.15, -0.1) is 0 Å². The van der Waals surface area contributed by atoms with Crippen LogP contribution in [0.2, 0.25) is 0 Å². The van der Waals surface area contributed by atoms with Gasteiger partial charge in [-0.1, -0.05) is 40.5 Å². The van der Waals surface area contributed by atoms with E-state index in [1.54, 1.807) is 7.11 Å². The molecule has 0 radical (unpaired) electrons. The highest BCUT2D eigenvalue weighted by Gasteiger charge is 2.24. The van der Waals surface area contributed by atoms with Crippen molar-refractivity contribution in [2.45, 2.75) is 40.5 Å². The van der Waals surface area contributed by atoms with E-state index in [4.69, 9.17) is 4.74 Å². The molecule has 0 saturated heterocycles. The van der Waals surface area contributed by atoms with E-state index in [-0.39, 0.29) is 0 Å². The molecule has 0 aromatic heterocycles. The van der Waals surface area contributed by atoms with Crippen LogP contribution in [0.5, 0.6) is 0 Å². The van der Waals surface area contributed by atoms with Gasteiger partial charge in [0.1, 0.15) is 0 Å². The summed E-state index contributed by atoms with van der Waals surface area (Å²) in [5, 5.41) is 3.44. The highest BCUT2D eigenvalue weighted by atomic mass is 16.5. The summed E-state index contributed by atoms with van der Waals surface area (Å²) in [7, 11) is 1.74. The molecule has 0 bridgehead atoms. The first kappa shape index (κ1) is 13.9. The van der Waals surface area contributed by atoms with Crippen molar-refractivity contribution in [3.05, 3.63) is 0 Å². The Morgan fingerprint density at radius 3 is 2.50 bits per heavy atom. The molecule has 2 heteroatoms. The van der Waals surface area contributed by atoms with Gasteiger partial charge >= 0.3 is 0 Å². The normalized spacial score (nSPS) is 14.4. The number of hydrogen-bond donors (Lipinski definition) is 1. The highest BCUT2D eigenvalue weighted by molar-refractivity contribution is 4.77. The van der Waals surface area contributed by atoms with Crippen molar-refractivity contribution < 1.29 is 4.74 Å². The average molecular weight is 201 g/mol. The lowest BCUT2D eigenvalue weighted by Crippen LogP contribution is -2.36. The van der Waals surface area contributed by atoms with Crippen molar-refractivity contribution in [2.75, 3.05) is 26.8 Å². The van der Waals surface area contributed by atoms with Gasteiger partial charge in [0, 0.05) is 20.2 Å². The molecule has 0 rings (SSSR count). The molecule has 0 aliphatic heterocycles. The first-order valence-corrected chi connectivity index (χ1v) is 5.74. The van der Waals surface area contributed by atoms with Gasteiger partial charge in [0.25, 0.3) is 0 Å². The second kappa shape index (κ2) is 7.24. The van der Waals surface area contributed by atoms with Crippen molar-refractivity contribution in [3.63, 3.8) is 0 Å². The molecule has 1 unspecified atom stereocenters. The van der Waals surface area contributed by atoms with Gasteiger partial charge in [0.15, 0.2) is 0 Å². The van der Waals surface area contributed by atoms with Crippen LogP contribution in [-0.4, -0.2) is 26.8 Å². The van der Waals surface area contributed by atoms with Crippen molar-refractivity contribution in [1.82, 2.24) is 5.32 Å². The third-order valence-corrected chi connectivity index (χ3v) is 3.12. The maximum Gasteiger partial charge on any atom is 0.0587 e. The van der Waals surface area contributed by atoms with E-state index in [0.717, 1.165) is 25.6 Å². The number of methoxy groups -OCH3 is 1. The fourth-order valence-corrected chi connectivity index (χ4v) is 1.58. The predicted molar refractivity (Wildman–Crippen MR) is 62.6 cm³/mol. The minimum atomic E-state index is 0.393. The number of ether oxygens (including phenoxy) is 1. The third kappa shape index (κ3) is 5.61. The maximum atomic E-state index is 5.00. The number of nitrogens with one attached hydrogen (secondary N) is 1. The molecule has 2 nitrogen and oxygen atoms in total. The zero-order valence-corrected chi connectivity index (χ0v) is 10.5. The van der Waals surface area contributed by atoms with Crippen molar-refractivity contribution in [1.29, 1.82) is 0 Å². The molecule has 0 aromatic carbocycles. The molecule has 0 amide bonds. The molecule has 0 heterocycles. The Balaban J connectivity index is 3.69. The zero-order valence-electron chi connectivity index (χ0n) is 10.5. The first-order valence-electron chi connectivity index (χ1n) is 5.74. The molecular formula is C12H27NO. The van der Waals surface area contributed by atoms with Crippen LogP contribution < -0.4 is 5.32 Å². The fourth-order valence-electron chi connectivity index (χ4n) is 1.58. The Bertz CT molecular complexity index is 134. The van der Waals surface area contributed by atoms with Crippen LogP contribution in [0, 0.1) is 11.3 Å². The molecule has 0 aliphatic rings. The monoisotopic (exact) mass is 201 g/mol. The van der Waals surface area contributed by atoms with Gasteiger partial charge in [0.05, 0.1) is 6.61 Å². The molecule has 0 aliphatic carbocycles. The van der Waals surface area contributed by atoms with E-state index >= 15 is 0 Å². The van der Waals surface area contributed by atoms with Gasteiger partial charge in [0.2, 0.25) is 0 Å². The average Bonchev–Trinajstić information content (AvgIpc) is 2.13. The van der Waals surface area contributed by atoms with Gasteiger partial charge < -0.3 is 10.1 Å². The largest absolute Gasteiger partial charge is 0.383 e. The molecule has 86 valence electrons. The molecule has 1 N–H and O–H groups in total. The summed E-state index contributed by atoms with van der Waals surface area (Å²) < 4.78 is 5.00. The van der Waals surface area contributed by atoms with Crippen LogP contribution in [0.3, 0.4) is 0 Å². The zero-order chi connectivity index (χ0) is 11.0. The van der Waals surface area contributed by atoms with E-state index in [2.05, 4.69) is 33.0 Å². The van der Waals surface area contributed by atoms with Crippen LogP contribution in [0.15, 0.2) is 0 Å². The van der Waals surface area contributed by atoms with Crippen LogP contribution in [-0.2, 0) is 4.74 Å². The second-order valence-electron chi connectivity index (χ2n) is 4.85. The summed E-state index contributed by atoms with van der Waals surface area (Å²) in [5.41, 5.74) is 0.393. The Morgan fingerprint density at radius 2 is 2.00 bits per heavy atom. The molecule has 0 aromatic rings. The fraction of sp³-hybridized carbons (Fsp3) is 1.00. The summed E-state index contributed by atoms with van der Waals surface area (Å²) in [6.07, 6.45) is 2.60. The standard InChI is InChI=1S/C12H27NO/c1-6-7-11(2)12(3,4)10-13-8-9-14-5/h11,13H,6-10H2,1-5H3. The lowest BCUT2D eigenvalue weighted by atomic mass is 9.77. The molecule has 0 spiro atoms. The van der Waals surface area contributed by atoms with Gasteiger partial charge in [-0.05, 0) is 11.3 Å². The Morgan fingerprint density at radius 1 is 1.36 bits per heavy atom. The Labute approximate surface area is 89.4 Å². The summed E-state index contributed by atoms with van der Waals surface area (Å²) in [5.74, 6) is 0.780. The third-order valence-electron chi connectivity index (χ3n) is 3.12. The van der Waals surface area contributed by atoms with Crippen molar-refractivity contribution in [3.8, 4) is 0 Å². The quantitative estimate of drug-likeness (QED) is 0.610. The molecule has 0 fully saturated rings. The van der Waals surface area contributed by atoms with E-state index in [0.29, 0.717) is 5.41 Å². The SMILES string of the molecule is CCCC(C)C(C)(C)CNCCOC. The number of rotatable bonds is 8. The van der Waals surface area contributed by atoms with Crippen LogP contribution in [0.25, 0.3) is 0 Å². The van der Waals surface area contributed by atoms with Gasteiger partial charge in [-0.3, -0.25) is 0 Å². The van der Waals surface area contributed by atoms with E-state index in [9.17, 15) is 0 Å². The minimum Gasteiger partial charge on any atom is -0.383 e. The molecule has 1 atom stereocenters.